The van der Waals surface area contributed by atoms with Gasteiger partial charge in [-0.25, -0.2) is 4.98 Å². The van der Waals surface area contributed by atoms with Gasteiger partial charge >= 0.3 is 5.97 Å². The molecule has 5 nitrogen and oxygen atoms in total. The summed E-state index contributed by atoms with van der Waals surface area (Å²) >= 11 is 3.03. The number of carbonyl (C=O) groups is 2. The number of hydrogen-bond donors (Lipinski definition) is 1. The number of ether oxygens (including phenoxy) is 1. The second kappa shape index (κ2) is 7.64. The maximum atomic E-state index is 11.5. The van der Waals surface area contributed by atoms with Crippen molar-refractivity contribution in [3.05, 3.63) is 11.1 Å². The summed E-state index contributed by atoms with van der Waals surface area (Å²) in [6.45, 7) is 7.03. The van der Waals surface area contributed by atoms with Crippen LogP contribution < -0.4 is 5.32 Å². The molecule has 0 saturated heterocycles. The Balaban J connectivity index is 2.23. The Morgan fingerprint density at radius 1 is 1.45 bits per heavy atom. The lowest BCUT2D eigenvalue weighted by atomic mass is 10.2. The van der Waals surface area contributed by atoms with E-state index in [1.54, 1.807) is 11.8 Å². The summed E-state index contributed by atoms with van der Waals surface area (Å²) in [4.78, 5) is 26.6. The molecule has 0 atom stereocenters. The van der Waals surface area contributed by atoms with Crippen LogP contribution in [-0.4, -0.2) is 28.2 Å². The fourth-order valence-electron chi connectivity index (χ4n) is 1.31. The van der Waals surface area contributed by atoms with Crippen LogP contribution in [-0.2, 0) is 20.1 Å². The largest absolute Gasteiger partial charge is 0.460 e. The second-order valence-electron chi connectivity index (χ2n) is 5.21. The van der Waals surface area contributed by atoms with E-state index in [4.69, 9.17) is 4.74 Å². The van der Waals surface area contributed by atoms with Crippen molar-refractivity contribution >= 4 is 40.1 Å². The van der Waals surface area contributed by atoms with Crippen molar-refractivity contribution < 1.29 is 14.3 Å². The molecular formula is C13H20N2O3S2. The number of amides is 1. The molecule has 0 aliphatic rings. The first kappa shape index (κ1) is 17.0. The van der Waals surface area contributed by atoms with Crippen LogP contribution in [0.3, 0.4) is 0 Å². The van der Waals surface area contributed by atoms with Crippen molar-refractivity contribution in [2.45, 2.75) is 45.5 Å². The van der Waals surface area contributed by atoms with Gasteiger partial charge in [0.1, 0.15) is 5.60 Å². The number of thiazole rings is 1. The number of hydrogen-bond acceptors (Lipinski definition) is 6. The number of rotatable bonds is 6. The molecule has 1 amide bonds. The van der Waals surface area contributed by atoms with Crippen molar-refractivity contribution in [2.75, 3.05) is 11.1 Å². The van der Waals surface area contributed by atoms with Gasteiger partial charge in [0.15, 0.2) is 5.13 Å². The fraction of sp³-hybridized carbons (Fsp3) is 0.615. The van der Waals surface area contributed by atoms with Gasteiger partial charge in [0.2, 0.25) is 5.91 Å². The molecule has 0 saturated carbocycles. The van der Waals surface area contributed by atoms with Gasteiger partial charge in [-0.15, -0.1) is 11.3 Å². The average Bonchev–Trinajstić information content (AvgIpc) is 2.68. The summed E-state index contributed by atoms with van der Waals surface area (Å²) in [6, 6.07) is 0. The number of nitrogens with zero attached hydrogens (tertiary/aromatic N) is 1. The Bertz CT molecular complexity index is 466. The van der Waals surface area contributed by atoms with Crippen LogP contribution in [0.5, 0.6) is 0 Å². The molecule has 1 rings (SSSR count). The average molecular weight is 316 g/mol. The number of carbonyl (C=O) groups excluding carboxylic acids is 2. The van der Waals surface area contributed by atoms with Gasteiger partial charge in [0.05, 0.1) is 12.1 Å². The van der Waals surface area contributed by atoms with Crippen molar-refractivity contribution in [1.82, 2.24) is 4.98 Å². The maximum absolute atomic E-state index is 11.5. The molecule has 0 spiro atoms. The molecule has 112 valence electrons. The third kappa shape index (κ3) is 7.49. The fourth-order valence-corrected chi connectivity index (χ4v) is 2.98. The van der Waals surface area contributed by atoms with Crippen molar-refractivity contribution in [2.24, 2.45) is 0 Å². The Kier molecular flexibility index (Phi) is 6.48. The molecule has 0 radical (unpaired) electrons. The molecule has 1 N–H and O–H groups in total. The van der Waals surface area contributed by atoms with E-state index in [2.05, 4.69) is 10.3 Å². The first-order chi connectivity index (χ1) is 9.26. The van der Waals surface area contributed by atoms with E-state index in [0.29, 0.717) is 17.3 Å². The van der Waals surface area contributed by atoms with Gasteiger partial charge in [-0.2, -0.15) is 11.8 Å². The molecule has 1 aromatic rings. The van der Waals surface area contributed by atoms with Crippen LogP contribution in [0.1, 0.15) is 39.8 Å². The number of nitrogens with one attached hydrogen (secondary N) is 1. The minimum Gasteiger partial charge on any atom is -0.460 e. The summed E-state index contributed by atoms with van der Waals surface area (Å²) in [6.07, 6.45) is 0.393. The van der Waals surface area contributed by atoms with Crippen LogP contribution in [0.4, 0.5) is 5.13 Å². The highest BCUT2D eigenvalue weighted by Crippen LogP contribution is 2.20. The lowest BCUT2D eigenvalue weighted by molar-refractivity contribution is -0.154. The Labute approximate surface area is 127 Å². The highest BCUT2D eigenvalue weighted by atomic mass is 32.2. The molecule has 0 aliphatic carbocycles. The molecule has 20 heavy (non-hydrogen) atoms. The predicted molar refractivity (Wildman–Crippen MR) is 83.0 cm³/mol. The van der Waals surface area contributed by atoms with Crippen LogP contribution in [0.25, 0.3) is 0 Å². The highest BCUT2D eigenvalue weighted by Gasteiger charge is 2.15. The van der Waals surface area contributed by atoms with E-state index in [1.807, 2.05) is 26.2 Å². The molecule has 1 heterocycles. The van der Waals surface area contributed by atoms with Crippen LogP contribution in [0.15, 0.2) is 5.38 Å². The first-order valence-corrected chi connectivity index (χ1v) is 8.31. The number of aromatic nitrogens is 1. The van der Waals surface area contributed by atoms with Gasteiger partial charge < -0.3 is 10.1 Å². The van der Waals surface area contributed by atoms with Crippen molar-refractivity contribution in [3.63, 3.8) is 0 Å². The zero-order valence-corrected chi connectivity index (χ0v) is 13.8. The Morgan fingerprint density at radius 2 is 2.15 bits per heavy atom. The minimum absolute atomic E-state index is 0.122. The number of anilines is 1. The summed E-state index contributed by atoms with van der Waals surface area (Å²) < 4.78 is 5.22. The molecular weight excluding hydrogens is 296 g/mol. The predicted octanol–water partition coefficient (Wildman–Crippen LogP) is 3.07. The van der Waals surface area contributed by atoms with Gasteiger partial charge in [0.25, 0.3) is 0 Å². The summed E-state index contributed by atoms with van der Waals surface area (Å²) in [5.74, 6) is 1.12. The Hall–Kier alpha value is -1.08. The second-order valence-corrected chi connectivity index (χ2v) is 7.18. The SMILES string of the molecule is CC(=O)Nc1nc(CSCCC(=O)OC(C)(C)C)cs1. The minimum atomic E-state index is -0.427. The Morgan fingerprint density at radius 3 is 2.75 bits per heavy atom. The van der Waals surface area contributed by atoms with E-state index in [1.165, 1.54) is 18.3 Å². The van der Waals surface area contributed by atoms with E-state index in [-0.39, 0.29) is 11.9 Å². The highest BCUT2D eigenvalue weighted by molar-refractivity contribution is 7.98. The first-order valence-electron chi connectivity index (χ1n) is 6.28. The molecule has 7 heteroatoms. The maximum Gasteiger partial charge on any atom is 0.307 e. The van der Waals surface area contributed by atoms with Gasteiger partial charge in [0, 0.05) is 23.8 Å². The van der Waals surface area contributed by atoms with Crippen LogP contribution in [0.2, 0.25) is 0 Å². The van der Waals surface area contributed by atoms with E-state index in [0.717, 1.165) is 11.4 Å². The number of thioether (sulfide) groups is 1. The quantitative estimate of drug-likeness (QED) is 0.645. The summed E-state index contributed by atoms with van der Waals surface area (Å²) in [7, 11) is 0. The normalized spacial score (nSPS) is 11.2. The monoisotopic (exact) mass is 316 g/mol. The molecule has 0 aromatic carbocycles. The lowest BCUT2D eigenvalue weighted by Crippen LogP contribution is -2.24. The van der Waals surface area contributed by atoms with Crippen molar-refractivity contribution in [1.29, 1.82) is 0 Å². The van der Waals surface area contributed by atoms with Crippen LogP contribution in [0, 0.1) is 0 Å². The smallest absolute Gasteiger partial charge is 0.307 e. The van der Waals surface area contributed by atoms with E-state index >= 15 is 0 Å². The van der Waals surface area contributed by atoms with Crippen LogP contribution >= 0.6 is 23.1 Å². The third-order valence-corrected chi connectivity index (χ3v) is 3.75. The zero-order chi connectivity index (χ0) is 15.2. The van der Waals surface area contributed by atoms with E-state index in [9.17, 15) is 9.59 Å². The molecule has 0 fully saturated rings. The van der Waals surface area contributed by atoms with Crippen molar-refractivity contribution in [3.8, 4) is 0 Å². The molecule has 0 bridgehead atoms. The van der Waals surface area contributed by atoms with E-state index < -0.39 is 5.60 Å². The lowest BCUT2D eigenvalue weighted by Gasteiger charge is -2.19. The van der Waals surface area contributed by atoms with Gasteiger partial charge in [-0.3, -0.25) is 9.59 Å². The molecule has 0 unspecified atom stereocenters. The summed E-state index contributed by atoms with van der Waals surface area (Å²) in [5.41, 5.74) is 0.483. The topological polar surface area (TPSA) is 68.3 Å². The molecule has 0 aliphatic heterocycles. The molecule has 1 aromatic heterocycles. The standard InChI is InChI=1S/C13H20N2O3S2/c1-9(16)14-12-15-10(8-20-12)7-19-6-5-11(17)18-13(2,3)4/h8H,5-7H2,1-4H3,(H,14,15,16). The third-order valence-electron chi connectivity index (χ3n) is 1.96. The van der Waals surface area contributed by atoms with Gasteiger partial charge in [-0.1, -0.05) is 0 Å². The number of esters is 1. The van der Waals surface area contributed by atoms with Gasteiger partial charge in [-0.05, 0) is 20.8 Å². The zero-order valence-electron chi connectivity index (χ0n) is 12.2. The summed E-state index contributed by atoms with van der Waals surface area (Å²) in [5, 5.41) is 5.16.